The average molecular weight is 161 g/mol. The van der Waals surface area contributed by atoms with E-state index in [1.807, 2.05) is 0 Å². The highest BCUT2D eigenvalue weighted by atomic mass is 16.6. The molecule has 0 aromatic carbocycles. The van der Waals surface area contributed by atoms with E-state index in [1.165, 1.54) is 0 Å². The molecule has 0 atom stereocenters. The van der Waals surface area contributed by atoms with Crippen LogP contribution in [-0.4, -0.2) is 28.0 Å². The van der Waals surface area contributed by atoms with E-state index >= 15 is 0 Å². The summed E-state index contributed by atoms with van der Waals surface area (Å²) in [6, 6.07) is 0. The maximum Gasteiger partial charge on any atom is 0.431 e. The maximum atomic E-state index is 10.0. The van der Waals surface area contributed by atoms with Crippen molar-refractivity contribution in [2.45, 2.75) is 32.6 Å². The van der Waals surface area contributed by atoms with E-state index in [9.17, 15) is 4.79 Å². The van der Waals surface area contributed by atoms with Crippen LogP contribution >= 0.6 is 0 Å². The van der Waals surface area contributed by atoms with Crippen molar-refractivity contribution in [3.63, 3.8) is 0 Å². The Morgan fingerprint density at radius 2 is 2.00 bits per heavy atom. The van der Waals surface area contributed by atoms with Crippen molar-refractivity contribution in [1.29, 1.82) is 0 Å². The molecule has 0 aliphatic rings. The van der Waals surface area contributed by atoms with Gasteiger partial charge < -0.3 is 5.11 Å². The Morgan fingerprint density at radius 1 is 1.36 bits per heavy atom. The predicted octanol–water partition coefficient (Wildman–Crippen LogP) is 1.94. The molecule has 0 radical (unpaired) electrons. The van der Waals surface area contributed by atoms with Crippen molar-refractivity contribution in [3.8, 4) is 0 Å². The molecule has 4 nitrogen and oxygen atoms in total. The largest absolute Gasteiger partial charge is 0.463 e. The van der Waals surface area contributed by atoms with Gasteiger partial charge in [-0.25, -0.2) is 4.79 Å². The van der Waals surface area contributed by atoms with Crippen LogP contribution in [-0.2, 0) is 0 Å². The van der Waals surface area contributed by atoms with E-state index in [1.54, 1.807) is 0 Å². The van der Waals surface area contributed by atoms with Crippen molar-refractivity contribution in [1.82, 2.24) is 5.06 Å². The van der Waals surface area contributed by atoms with E-state index < -0.39 is 6.09 Å². The Kier molecular flexibility index (Phi) is 5.56. The first kappa shape index (κ1) is 10.2. The van der Waals surface area contributed by atoms with Crippen molar-refractivity contribution in [3.05, 3.63) is 0 Å². The van der Waals surface area contributed by atoms with Gasteiger partial charge in [-0.2, -0.15) is 5.06 Å². The summed E-state index contributed by atoms with van der Waals surface area (Å²) in [5.74, 6) is 0. The van der Waals surface area contributed by atoms with Crippen LogP contribution in [0.4, 0.5) is 4.79 Å². The Labute approximate surface area is 66.4 Å². The SMILES string of the molecule is CCCCCCN(O)C(=O)O. The lowest BCUT2D eigenvalue weighted by molar-refractivity contribution is -0.0645. The highest BCUT2D eigenvalue weighted by Crippen LogP contribution is 1.99. The molecule has 0 saturated carbocycles. The molecule has 0 aromatic heterocycles. The van der Waals surface area contributed by atoms with Gasteiger partial charge >= 0.3 is 6.09 Å². The minimum absolute atomic E-state index is 0.218. The number of amides is 1. The average Bonchev–Trinajstić information content (AvgIpc) is 1.97. The number of carbonyl (C=O) groups is 1. The van der Waals surface area contributed by atoms with Crippen LogP contribution in [0.15, 0.2) is 0 Å². The number of hydrogen-bond donors (Lipinski definition) is 2. The number of unbranched alkanes of at least 4 members (excludes halogenated alkanes) is 3. The van der Waals surface area contributed by atoms with Crippen LogP contribution in [0.2, 0.25) is 0 Å². The Hall–Kier alpha value is -0.770. The summed E-state index contributed by atoms with van der Waals surface area (Å²) in [6.07, 6.45) is 2.63. The minimum atomic E-state index is -1.28. The highest BCUT2D eigenvalue weighted by molar-refractivity contribution is 5.63. The van der Waals surface area contributed by atoms with Crippen LogP contribution in [0, 0.1) is 0 Å². The monoisotopic (exact) mass is 161 g/mol. The molecule has 0 bridgehead atoms. The molecule has 0 aromatic rings. The van der Waals surface area contributed by atoms with E-state index in [-0.39, 0.29) is 6.54 Å². The molecule has 0 saturated heterocycles. The third kappa shape index (κ3) is 5.66. The molecule has 0 fully saturated rings. The molecule has 0 heterocycles. The molecule has 66 valence electrons. The third-order valence-corrected chi connectivity index (χ3v) is 1.44. The van der Waals surface area contributed by atoms with Gasteiger partial charge in [-0.1, -0.05) is 26.2 Å². The second-order valence-corrected chi connectivity index (χ2v) is 2.47. The zero-order valence-electron chi connectivity index (χ0n) is 6.79. The van der Waals surface area contributed by atoms with Gasteiger partial charge in [0.25, 0.3) is 0 Å². The fourth-order valence-electron chi connectivity index (χ4n) is 0.784. The number of carboxylic acid groups (broad SMARTS) is 1. The molecule has 1 amide bonds. The van der Waals surface area contributed by atoms with Gasteiger partial charge in [0.05, 0.1) is 6.54 Å². The zero-order chi connectivity index (χ0) is 8.69. The minimum Gasteiger partial charge on any atom is -0.463 e. The first-order valence-corrected chi connectivity index (χ1v) is 3.87. The second kappa shape index (κ2) is 5.97. The predicted molar refractivity (Wildman–Crippen MR) is 40.7 cm³/mol. The lowest BCUT2D eigenvalue weighted by Crippen LogP contribution is -2.26. The molecular weight excluding hydrogens is 146 g/mol. The lowest BCUT2D eigenvalue weighted by Gasteiger charge is -2.09. The fourth-order valence-corrected chi connectivity index (χ4v) is 0.784. The van der Waals surface area contributed by atoms with Crippen LogP contribution < -0.4 is 0 Å². The fraction of sp³-hybridized carbons (Fsp3) is 0.857. The van der Waals surface area contributed by atoms with Gasteiger partial charge in [0.1, 0.15) is 0 Å². The van der Waals surface area contributed by atoms with Crippen molar-refractivity contribution in [2.24, 2.45) is 0 Å². The quantitative estimate of drug-likeness (QED) is 0.368. The van der Waals surface area contributed by atoms with Gasteiger partial charge in [0.15, 0.2) is 0 Å². The summed E-state index contributed by atoms with van der Waals surface area (Å²) >= 11 is 0. The number of rotatable bonds is 5. The second-order valence-electron chi connectivity index (χ2n) is 2.47. The Morgan fingerprint density at radius 3 is 2.45 bits per heavy atom. The summed E-state index contributed by atoms with van der Waals surface area (Å²) in [7, 11) is 0. The highest BCUT2D eigenvalue weighted by Gasteiger charge is 2.05. The van der Waals surface area contributed by atoms with Crippen LogP contribution in [0.3, 0.4) is 0 Å². The van der Waals surface area contributed by atoms with Crippen LogP contribution in [0.5, 0.6) is 0 Å². The standard InChI is InChI=1S/C7H15NO3/c1-2-3-4-5-6-8(11)7(9)10/h11H,2-6H2,1H3,(H,9,10). The van der Waals surface area contributed by atoms with Crippen molar-refractivity contribution in [2.75, 3.05) is 6.54 Å². The van der Waals surface area contributed by atoms with Crippen LogP contribution in [0.25, 0.3) is 0 Å². The normalized spacial score (nSPS) is 9.64. The molecule has 11 heavy (non-hydrogen) atoms. The third-order valence-electron chi connectivity index (χ3n) is 1.44. The Bertz CT molecular complexity index is 116. The first-order valence-electron chi connectivity index (χ1n) is 3.87. The summed E-state index contributed by atoms with van der Waals surface area (Å²) < 4.78 is 0. The van der Waals surface area contributed by atoms with Gasteiger partial charge in [-0.05, 0) is 6.42 Å². The Balaban J connectivity index is 3.17. The van der Waals surface area contributed by atoms with Crippen molar-refractivity contribution >= 4 is 6.09 Å². The first-order chi connectivity index (χ1) is 5.18. The molecule has 0 aliphatic heterocycles. The van der Waals surface area contributed by atoms with E-state index in [0.717, 1.165) is 25.7 Å². The lowest BCUT2D eigenvalue weighted by atomic mass is 10.2. The van der Waals surface area contributed by atoms with Gasteiger partial charge in [-0.3, -0.25) is 5.21 Å². The van der Waals surface area contributed by atoms with Gasteiger partial charge in [-0.15, -0.1) is 0 Å². The van der Waals surface area contributed by atoms with E-state index in [4.69, 9.17) is 10.3 Å². The summed E-state index contributed by atoms with van der Waals surface area (Å²) in [4.78, 5) is 10.0. The van der Waals surface area contributed by atoms with Gasteiger partial charge in [0.2, 0.25) is 0 Å². The molecule has 2 N–H and O–H groups in total. The van der Waals surface area contributed by atoms with Crippen molar-refractivity contribution < 1.29 is 15.1 Å². The topological polar surface area (TPSA) is 60.8 Å². The molecule has 0 aliphatic carbocycles. The number of nitrogens with zero attached hydrogens (tertiary/aromatic N) is 1. The van der Waals surface area contributed by atoms with E-state index in [0.29, 0.717) is 5.06 Å². The zero-order valence-corrected chi connectivity index (χ0v) is 6.79. The number of hydroxylamine groups is 2. The van der Waals surface area contributed by atoms with Gasteiger partial charge in [0, 0.05) is 0 Å². The summed E-state index contributed by atoms with van der Waals surface area (Å²) in [5.41, 5.74) is 0. The molecule has 0 spiro atoms. The number of hydrogen-bond acceptors (Lipinski definition) is 2. The summed E-state index contributed by atoms with van der Waals surface area (Å²) in [5, 5.41) is 17.2. The molecule has 0 rings (SSSR count). The van der Waals surface area contributed by atoms with E-state index in [2.05, 4.69) is 6.92 Å². The van der Waals surface area contributed by atoms with Crippen LogP contribution in [0.1, 0.15) is 32.6 Å². The molecular formula is C7H15NO3. The maximum absolute atomic E-state index is 10.0. The molecule has 0 unspecified atom stereocenters. The smallest absolute Gasteiger partial charge is 0.431 e. The summed E-state index contributed by atoms with van der Waals surface area (Å²) in [6.45, 7) is 2.29. The molecule has 4 heteroatoms.